The summed E-state index contributed by atoms with van der Waals surface area (Å²) in [6, 6.07) is 0.213. The molecule has 0 fully saturated rings. The van der Waals surface area contributed by atoms with Crippen molar-refractivity contribution in [1.82, 2.24) is 14.8 Å². The SMILES string of the molecule is CC(C)n1ncnc1C(O)CCN. The lowest BCUT2D eigenvalue weighted by molar-refractivity contribution is 0.152. The van der Waals surface area contributed by atoms with E-state index < -0.39 is 6.10 Å². The van der Waals surface area contributed by atoms with Crippen molar-refractivity contribution in [3.63, 3.8) is 0 Å². The molecule has 1 rings (SSSR count). The lowest BCUT2D eigenvalue weighted by Crippen LogP contribution is -2.15. The van der Waals surface area contributed by atoms with Gasteiger partial charge in [0.2, 0.25) is 0 Å². The van der Waals surface area contributed by atoms with Gasteiger partial charge in [0.25, 0.3) is 0 Å². The van der Waals surface area contributed by atoms with Gasteiger partial charge in [-0.2, -0.15) is 5.10 Å². The fraction of sp³-hybridized carbons (Fsp3) is 0.750. The molecule has 0 saturated heterocycles. The minimum absolute atomic E-state index is 0.213. The van der Waals surface area contributed by atoms with E-state index in [1.165, 1.54) is 6.33 Å². The van der Waals surface area contributed by atoms with Gasteiger partial charge in [0, 0.05) is 6.04 Å². The monoisotopic (exact) mass is 184 g/mol. The molecule has 0 amide bonds. The van der Waals surface area contributed by atoms with Crippen LogP contribution in [0.5, 0.6) is 0 Å². The van der Waals surface area contributed by atoms with Crippen molar-refractivity contribution in [2.24, 2.45) is 5.73 Å². The zero-order chi connectivity index (χ0) is 9.84. The molecule has 74 valence electrons. The van der Waals surface area contributed by atoms with E-state index in [9.17, 15) is 5.11 Å². The highest BCUT2D eigenvalue weighted by Gasteiger charge is 2.15. The smallest absolute Gasteiger partial charge is 0.156 e. The van der Waals surface area contributed by atoms with Gasteiger partial charge < -0.3 is 10.8 Å². The summed E-state index contributed by atoms with van der Waals surface area (Å²) in [5, 5.41) is 13.7. The standard InChI is InChI=1S/C8H16N4O/c1-6(2)12-8(10-5-11-12)7(13)3-4-9/h5-7,13H,3-4,9H2,1-2H3. The zero-order valence-electron chi connectivity index (χ0n) is 8.01. The molecule has 0 aliphatic rings. The molecule has 0 bridgehead atoms. The van der Waals surface area contributed by atoms with Crippen LogP contribution in [-0.4, -0.2) is 26.4 Å². The molecule has 0 aliphatic carbocycles. The lowest BCUT2D eigenvalue weighted by atomic mass is 10.2. The van der Waals surface area contributed by atoms with E-state index in [1.54, 1.807) is 4.68 Å². The van der Waals surface area contributed by atoms with E-state index >= 15 is 0 Å². The summed E-state index contributed by atoms with van der Waals surface area (Å²) >= 11 is 0. The van der Waals surface area contributed by atoms with E-state index in [0.717, 1.165) is 0 Å². The van der Waals surface area contributed by atoms with E-state index in [1.807, 2.05) is 13.8 Å². The van der Waals surface area contributed by atoms with E-state index in [-0.39, 0.29) is 6.04 Å². The molecule has 0 aliphatic heterocycles. The van der Waals surface area contributed by atoms with Crippen molar-refractivity contribution >= 4 is 0 Å². The average molecular weight is 184 g/mol. The van der Waals surface area contributed by atoms with Crippen LogP contribution in [0.2, 0.25) is 0 Å². The Labute approximate surface area is 77.6 Å². The second-order valence-electron chi connectivity index (χ2n) is 3.25. The van der Waals surface area contributed by atoms with Gasteiger partial charge in [-0.15, -0.1) is 0 Å². The van der Waals surface area contributed by atoms with Crippen LogP contribution >= 0.6 is 0 Å². The molecule has 1 aromatic heterocycles. The van der Waals surface area contributed by atoms with Crippen LogP contribution in [-0.2, 0) is 0 Å². The first-order valence-electron chi connectivity index (χ1n) is 4.44. The Hall–Kier alpha value is -0.940. The second-order valence-corrected chi connectivity index (χ2v) is 3.25. The molecule has 0 spiro atoms. The fourth-order valence-electron chi connectivity index (χ4n) is 1.18. The molecular formula is C8H16N4O. The first-order valence-corrected chi connectivity index (χ1v) is 4.44. The van der Waals surface area contributed by atoms with Crippen molar-refractivity contribution < 1.29 is 5.11 Å². The molecule has 13 heavy (non-hydrogen) atoms. The van der Waals surface area contributed by atoms with Crippen molar-refractivity contribution in [3.05, 3.63) is 12.2 Å². The van der Waals surface area contributed by atoms with Crippen LogP contribution in [0.4, 0.5) is 0 Å². The molecule has 0 saturated carbocycles. The second kappa shape index (κ2) is 4.34. The highest BCUT2D eigenvalue weighted by Crippen LogP contribution is 2.15. The summed E-state index contributed by atoms with van der Waals surface area (Å²) in [7, 11) is 0. The fourth-order valence-corrected chi connectivity index (χ4v) is 1.18. The van der Waals surface area contributed by atoms with Gasteiger partial charge in [0.05, 0.1) is 0 Å². The largest absolute Gasteiger partial charge is 0.385 e. The van der Waals surface area contributed by atoms with Gasteiger partial charge >= 0.3 is 0 Å². The third-order valence-corrected chi connectivity index (χ3v) is 1.83. The molecule has 1 aromatic rings. The highest BCUT2D eigenvalue weighted by molar-refractivity contribution is 4.91. The van der Waals surface area contributed by atoms with Crippen LogP contribution in [0, 0.1) is 0 Å². The maximum absolute atomic E-state index is 9.64. The van der Waals surface area contributed by atoms with Crippen LogP contribution in [0.1, 0.15) is 38.2 Å². The molecule has 3 N–H and O–H groups in total. The predicted molar refractivity (Wildman–Crippen MR) is 49.0 cm³/mol. The minimum atomic E-state index is -0.602. The normalized spacial score (nSPS) is 13.6. The third-order valence-electron chi connectivity index (χ3n) is 1.83. The summed E-state index contributed by atoms with van der Waals surface area (Å²) in [5.41, 5.74) is 5.34. The maximum atomic E-state index is 9.64. The van der Waals surface area contributed by atoms with Gasteiger partial charge in [0.1, 0.15) is 12.4 Å². The predicted octanol–water partition coefficient (Wildman–Crippen LogP) is 0.241. The third kappa shape index (κ3) is 2.26. The molecule has 1 atom stereocenters. The summed E-state index contributed by atoms with van der Waals surface area (Å²) in [5.74, 6) is 0.598. The summed E-state index contributed by atoms with van der Waals surface area (Å²) in [6.07, 6.45) is 1.37. The van der Waals surface area contributed by atoms with Crippen molar-refractivity contribution in [2.75, 3.05) is 6.54 Å². The summed E-state index contributed by atoms with van der Waals surface area (Å²) in [4.78, 5) is 4.00. The van der Waals surface area contributed by atoms with Crippen molar-refractivity contribution in [1.29, 1.82) is 0 Å². The van der Waals surface area contributed by atoms with Gasteiger partial charge in [-0.05, 0) is 26.8 Å². The number of nitrogens with zero attached hydrogens (tertiary/aromatic N) is 3. The Balaban J connectivity index is 2.80. The first kappa shape index (κ1) is 10.1. The average Bonchev–Trinajstić information content (AvgIpc) is 2.52. The first-order chi connectivity index (χ1) is 6.16. The number of rotatable bonds is 4. The number of hydrogen-bond acceptors (Lipinski definition) is 4. The van der Waals surface area contributed by atoms with Crippen LogP contribution in [0.3, 0.4) is 0 Å². The molecule has 1 unspecified atom stereocenters. The van der Waals surface area contributed by atoms with Gasteiger partial charge in [0.15, 0.2) is 5.82 Å². The molecule has 5 nitrogen and oxygen atoms in total. The Morgan fingerprint density at radius 2 is 2.31 bits per heavy atom. The number of aromatic nitrogens is 3. The molecular weight excluding hydrogens is 168 g/mol. The molecule has 0 aromatic carbocycles. The lowest BCUT2D eigenvalue weighted by Gasteiger charge is -2.13. The van der Waals surface area contributed by atoms with E-state index in [4.69, 9.17) is 5.73 Å². The van der Waals surface area contributed by atoms with Crippen molar-refractivity contribution in [2.45, 2.75) is 32.4 Å². The minimum Gasteiger partial charge on any atom is -0.385 e. The van der Waals surface area contributed by atoms with Gasteiger partial charge in [-0.3, -0.25) is 0 Å². The van der Waals surface area contributed by atoms with Crippen LogP contribution < -0.4 is 5.73 Å². The number of nitrogens with two attached hydrogens (primary N) is 1. The van der Waals surface area contributed by atoms with E-state index in [2.05, 4.69) is 10.1 Å². The van der Waals surface area contributed by atoms with Crippen LogP contribution in [0.15, 0.2) is 6.33 Å². The Morgan fingerprint density at radius 1 is 1.62 bits per heavy atom. The maximum Gasteiger partial charge on any atom is 0.156 e. The Morgan fingerprint density at radius 3 is 2.85 bits per heavy atom. The number of hydrogen-bond donors (Lipinski definition) is 2. The number of aliphatic hydroxyl groups excluding tert-OH is 1. The zero-order valence-corrected chi connectivity index (χ0v) is 8.01. The van der Waals surface area contributed by atoms with Gasteiger partial charge in [-0.25, -0.2) is 9.67 Å². The van der Waals surface area contributed by atoms with Gasteiger partial charge in [-0.1, -0.05) is 0 Å². The summed E-state index contributed by atoms with van der Waals surface area (Å²) in [6.45, 7) is 4.44. The number of aliphatic hydroxyl groups is 1. The van der Waals surface area contributed by atoms with Crippen molar-refractivity contribution in [3.8, 4) is 0 Å². The molecule has 1 heterocycles. The molecule has 5 heteroatoms. The Bertz CT molecular complexity index is 258. The summed E-state index contributed by atoms with van der Waals surface area (Å²) < 4.78 is 1.71. The molecule has 0 radical (unpaired) electrons. The quantitative estimate of drug-likeness (QED) is 0.702. The van der Waals surface area contributed by atoms with E-state index in [0.29, 0.717) is 18.8 Å². The Kier molecular flexibility index (Phi) is 3.39. The highest BCUT2D eigenvalue weighted by atomic mass is 16.3. The van der Waals surface area contributed by atoms with Crippen LogP contribution in [0.25, 0.3) is 0 Å². The topological polar surface area (TPSA) is 77.0 Å².